The number of amides is 1. The normalized spacial score (nSPS) is 18.6. The summed E-state index contributed by atoms with van der Waals surface area (Å²) < 4.78 is 5.18. The molecule has 1 aliphatic heterocycles. The Morgan fingerprint density at radius 3 is 2.38 bits per heavy atom. The van der Waals surface area contributed by atoms with Crippen molar-refractivity contribution in [1.29, 1.82) is 0 Å². The van der Waals surface area contributed by atoms with E-state index in [4.69, 9.17) is 4.74 Å². The average molecular weight is 298 g/mol. The molecule has 0 aliphatic carbocycles. The molecular formula is C15H30N4O2. The van der Waals surface area contributed by atoms with Crippen LogP contribution >= 0.6 is 0 Å². The standard InChI is InChI=1S/C15H30N4O2/c1-14(2,3)21-13(20)18-9-8-17-12(16-6)19-10-7-15(4,5)11-19/h7-11H2,1-6H3,(H,16,17)(H,18,20). The van der Waals surface area contributed by atoms with Crippen LogP contribution in [-0.2, 0) is 4.74 Å². The highest BCUT2D eigenvalue weighted by Gasteiger charge is 2.30. The van der Waals surface area contributed by atoms with Gasteiger partial charge in [0.05, 0.1) is 0 Å². The summed E-state index contributed by atoms with van der Waals surface area (Å²) in [6.45, 7) is 13.2. The Kier molecular flexibility index (Phi) is 5.87. The Morgan fingerprint density at radius 1 is 1.29 bits per heavy atom. The van der Waals surface area contributed by atoms with Gasteiger partial charge >= 0.3 is 6.09 Å². The molecule has 122 valence electrons. The summed E-state index contributed by atoms with van der Waals surface area (Å²) in [5.41, 5.74) is -0.124. The lowest BCUT2D eigenvalue weighted by Gasteiger charge is -2.24. The first-order chi connectivity index (χ1) is 9.63. The first-order valence-corrected chi connectivity index (χ1v) is 7.55. The second-order valence-corrected chi connectivity index (χ2v) is 7.24. The molecule has 1 fully saturated rings. The number of aliphatic imine (C=N–C) groups is 1. The molecule has 1 heterocycles. The van der Waals surface area contributed by atoms with E-state index in [0.717, 1.165) is 19.0 Å². The number of alkyl carbamates (subject to hydrolysis) is 1. The number of nitrogens with one attached hydrogen (secondary N) is 2. The van der Waals surface area contributed by atoms with Crippen molar-refractivity contribution in [2.24, 2.45) is 10.4 Å². The van der Waals surface area contributed by atoms with Crippen LogP contribution in [-0.4, -0.2) is 55.8 Å². The van der Waals surface area contributed by atoms with E-state index < -0.39 is 5.60 Å². The van der Waals surface area contributed by atoms with Gasteiger partial charge in [-0.05, 0) is 32.6 Å². The van der Waals surface area contributed by atoms with Crippen molar-refractivity contribution in [3.8, 4) is 0 Å². The molecule has 21 heavy (non-hydrogen) atoms. The molecule has 0 aromatic carbocycles. The van der Waals surface area contributed by atoms with Crippen LogP contribution in [0.5, 0.6) is 0 Å². The fraction of sp³-hybridized carbons (Fsp3) is 0.867. The zero-order chi connectivity index (χ0) is 16.1. The van der Waals surface area contributed by atoms with Crippen molar-refractivity contribution in [3.05, 3.63) is 0 Å². The minimum atomic E-state index is -0.464. The zero-order valence-corrected chi connectivity index (χ0v) is 14.2. The summed E-state index contributed by atoms with van der Waals surface area (Å²) in [5.74, 6) is 0.895. The highest BCUT2D eigenvalue weighted by Crippen LogP contribution is 2.28. The van der Waals surface area contributed by atoms with Gasteiger partial charge in [0.25, 0.3) is 0 Å². The van der Waals surface area contributed by atoms with Gasteiger partial charge in [-0.15, -0.1) is 0 Å². The van der Waals surface area contributed by atoms with E-state index in [2.05, 4.69) is 34.4 Å². The van der Waals surface area contributed by atoms with Crippen LogP contribution < -0.4 is 10.6 Å². The molecule has 0 radical (unpaired) electrons. The van der Waals surface area contributed by atoms with Gasteiger partial charge in [0.2, 0.25) is 0 Å². The van der Waals surface area contributed by atoms with E-state index in [1.54, 1.807) is 7.05 Å². The first-order valence-electron chi connectivity index (χ1n) is 7.55. The third kappa shape index (κ3) is 6.69. The number of carbonyl (C=O) groups is 1. The van der Waals surface area contributed by atoms with E-state index in [-0.39, 0.29) is 6.09 Å². The minimum Gasteiger partial charge on any atom is -0.444 e. The number of hydrogen-bond donors (Lipinski definition) is 2. The van der Waals surface area contributed by atoms with Crippen molar-refractivity contribution < 1.29 is 9.53 Å². The van der Waals surface area contributed by atoms with E-state index in [9.17, 15) is 4.79 Å². The van der Waals surface area contributed by atoms with Crippen LogP contribution in [0.1, 0.15) is 41.0 Å². The fourth-order valence-corrected chi connectivity index (χ4v) is 2.28. The number of rotatable bonds is 3. The fourth-order valence-electron chi connectivity index (χ4n) is 2.28. The van der Waals surface area contributed by atoms with Crippen LogP contribution in [0.2, 0.25) is 0 Å². The Labute approximate surface area is 128 Å². The highest BCUT2D eigenvalue weighted by molar-refractivity contribution is 5.80. The van der Waals surface area contributed by atoms with E-state index >= 15 is 0 Å². The maximum atomic E-state index is 11.5. The van der Waals surface area contributed by atoms with Gasteiger partial charge in [-0.25, -0.2) is 4.79 Å². The van der Waals surface area contributed by atoms with Crippen LogP contribution in [0, 0.1) is 5.41 Å². The van der Waals surface area contributed by atoms with Gasteiger partial charge in [0.15, 0.2) is 5.96 Å². The number of likely N-dealkylation sites (tertiary alicyclic amines) is 1. The molecule has 0 atom stereocenters. The molecule has 0 aromatic heterocycles. The summed E-state index contributed by atoms with van der Waals surface area (Å²) in [6.07, 6.45) is 0.783. The maximum absolute atomic E-state index is 11.5. The first kappa shape index (κ1) is 17.6. The van der Waals surface area contributed by atoms with E-state index in [0.29, 0.717) is 18.5 Å². The molecule has 6 heteroatoms. The topological polar surface area (TPSA) is 66.0 Å². The lowest BCUT2D eigenvalue weighted by Crippen LogP contribution is -2.44. The van der Waals surface area contributed by atoms with Crippen LogP contribution in [0.15, 0.2) is 4.99 Å². The van der Waals surface area contributed by atoms with E-state index in [1.807, 2.05) is 20.8 Å². The lowest BCUT2D eigenvalue weighted by molar-refractivity contribution is 0.0529. The molecule has 1 amide bonds. The van der Waals surface area contributed by atoms with Crippen molar-refractivity contribution in [2.45, 2.75) is 46.6 Å². The van der Waals surface area contributed by atoms with Crippen molar-refractivity contribution >= 4 is 12.1 Å². The Balaban J connectivity index is 2.27. The third-order valence-corrected chi connectivity index (χ3v) is 3.27. The zero-order valence-electron chi connectivity index (χ0n) is 14.2. The second kappa shape index (κ2) is 7.00. The van der Waals surface area contributed by atoms with Crippen LogP contribution in [0.25, 0.3) is 0 Å². The van der Waals surface area contributed by atoms with Gasteiger partial charge in [-0.2, -0.15) is 0 Å². The molecule has 0 saturated carbocycles. The number of nitrogens with zero attached hydrogens (tertiary/aromatic N) is 2. The number of guanidine groups is 1. The maximum Gasteiger partial charge on any atom is 0.407 e. The summed E-state index contributed by atoms with van der Waals surface area (Å²) in [6, 6.07) is 0. The monoisotopic (exact) mass is 298 g/mol. The van der Waals surface area contributed by atoms with Gasteiger partial charge < -0.3 is 20.3 Å². The van der Waals surface area contributed by atoms with Crippen molar-refractivity contribution in [3.63, 3.8) is 0 Å². The molecule has 1 aliphatic rings. The molecule has 0 aromatic rings. The van der Waals surface area contributed by atoms with E-state index in [1.165, 1.54) is 6.42 Å². The summed E-state index contributed by atoms with van der Waals surface area (Å²) in [5, 5.41) is 6.00. The molecule has 1 saturated heterocycles. The molecule has 2 N–H and O–H groups in total. The Morgan fingerprint density at radius 2 is 1.90 bits per heavy atom. The smallest absolute Gasteiger partial charge is 0.407 e. The Bertz CT molecular complexity index is 386. The van der Waals surface area contributed by atoms with Gasteiger partial charge in [0, 0.05) is 33.2 Å². The summed E-state index contributed by atoms with van der Waals surface area (Å²) in [4.78, 5) is 18.1. The summed E-state index contributed by atoms with van der Waals surface area (Å²) in [7, 11) is 1.79. The second-order valence-electron chi connectivity index (χ2n) is 7.24. The third-order valence-electron chi connectivity index (χ3n) is 3.27. The number of ether oxygens (including phenoxy) is 1. The number of carbonyl (C=O) groups excluding carboxylic acids is 1. The minimum absolute atomic E-state index is 0.340. The highest BCUT2D eigenvalue weighted by atomic mass is 16.6. The molecule has 0 bridgehead atoms. The molecule has 0 spiro atoms. The average Bonchev–Trinajstić information content (AvgIpc) is 2.67. The molecular weight excluding hydrogens is 268 g/mol. The van der Waals surface area contributed by atoms with Gasteiger partial charge in [-0.3, -0.25) is 4.99 Å². The predicted octanol–water partition coefficient (Wildman–Crippen LogP) is 1.82. The van der Waals surface area contributed by atoms with Gasteiger partial charge in [0.1, 0.15) is 5.60 Å². The van der Waals surface area contributed by atoms with Crippen molar-refractivity contribution in [1.82, 2.24) is 15.5 Å². The summed E-state index contributed by atoms with van der Waals surface area (Å²) >= 11 is 0. The number of hydrogen-bond acceptors (Lipinski definition) is 3. The molecule has 6 nitrogen and oxygen atoms in total. The van der Waals surface area contributed by atoms with Crippen LogP contribution in [0.4, 0.5) is 4.79 Å². The van der Waals surface area contributed by atoms with Gasteiger partial charge in [-0.1, -0.05) is 13.8 Å². The van der Waals surface area contributed by atoms with Crippen LogP contribution in [0.3, 0.4) is 0 Å². The largest absolute Gasteiger partial charge is 0.444 e. The molecule has 0 unspecified atom stereocenters. The Hall–Kier alpha value is -1.46. The quantitative estimate of drug-likeness (QED) is 0.474. The lowest BCUT2D eigenvalue weighted by atomic mass is 9.93. The SMILES string of the molecule is CN=C(NCCNC(=O)OC(C)(C)C)N1CCC(C)(C)C1. The molecule has 1 rings (SSSR count). The van der Waals surface area contributed by atoms with Crippen molar-refractivity contribution in [2.75, 3.05) is 33.2 Å². The predicted molar refractivity (Wildman–Crippen MR) is 85.6 cm³/mol.